The maximum atomic E-state index is 11.9. The number of amides is 3. The normalized spacial score (nSPS) is 24.6. The summed E-state index contributed by atoms with van der Waals surface area (Å²) in [6.07, 6.45) is -0.667. The molecule has 0 unspecified atom stereocenters. The second-order valence-corrected chi connectivity index (χ2v) is 4.67. The zero-order valence-corrected chi connectivity index (χ0v) is 11.0. The van der Waals surface area contributed by atoms with Crippen molar-refractivity contribution in [3.63, 3.8) is 0 Å². The third-order valence-electron chi connectivity index (χ3n) is 2.71. The lowest BCUT2D eigenvalue weighted by Crippen LogP contribution is -2.55. The molecule has 0 saturated carbocycles. The minimum Gasteiger partial charge on any atom is -0.480 e. The van der Waals surface area contributed by atoms with E-state index in [1.807, 2.05) is 13.8 Å². The van der Waals surface area contributed by atoms with Crippen LogP contribution in [0, 0.1) is 0 Å². The molecule has 4 N–H and O–H groups in total. The highest BCUT2D eigenvalue weighted by molar-refractivity contribution is 5.87. The zero-order chi connectivity index (χ0) is 14.6. The highest BCUT2D eigenvalue weighted by Gasteiger charge is 2.29. The number of carboxylic acid groups (broad SMARTS) is 1. The lowest BCUT2D eigenvalue weighted by atomic mass is 10.2. The minimum absolute atomic E-state index is 0.117. The summed E-state index contributed by atoms with van der Waals surface area (Å²) in [5.74, 6) is -2.07. The van der Waals surface area contributed by atoms with Crippen molar-refractivity contribution in [2.24, 2.45) is 5.73 Å². The molecular weight excluding hydrogens is 254 g/mol. The maximum absolute atomic E-state index is 11.9. The highest BCUT2D eigenvalue weighted by Crippen LogP contribution is 2.10. The Morgan fingerprint density at radius 2 is 1.89 bits per heavy atom. The van der Waals surface area contributed by atoms with Crippen LogP contribution in [0.3, 0.4) is 0 Å². The molecule has 0 radical (unpaired) electrons. The molecule has 3 atom stereocenters. The van der Waals surface area contributed by atoms with E-state index in [2.05, 4.69) is 5.32 Å². The minimum atomic E-state index is -1.31. The Morgan fingerprint density at radius 3 is 2.32 bits per heavy atom. The van der Waals surface area contributed by atoms with Crippen LogP contribution in [0.5, 0.6) is 0 Å². The standard InChI is InChI=1S/C11H19N3O5/c1-6-4-14(5-7(2)19-6)11(18)13-8(10(16)17)3-9(12)15/h6-8H,3-5H2,1-2H3,(H2,12,15)(H,13,18)(H,16,17)/t6-,7+,8-/m0/s1. The number of hydrogen-bond donors (Lipinski definition) is 3. The Labute approximate surface area is 110 Å². The van der Waals surface area contributed by atoms with Crippen molar-refractivity contribution in [3.8, 4) is 0 Å². The van der Waals surface area contributed by atoms with Gasteiger partial charge < -0.3 is 25.8 Å². The van der Waals surface area contributed by atoms with Gasteiger partial charge in [-0.15, -0.1) is 0 Å². The van der Waals surface area contributed by atoms with Gasteiger partial charge in [-0.3, -0.25) is 4.79 Å². The molecule has 1 aliphatic heterocycles. The van der Waals surface area contributed by atoms with Gasteiger partial charge in [-0.2, -0.15) is 0 Å². The summed E-state index contributed by atoms with van der Waals surface area (Å²) in [6, 6.07) is -1.84. The number of primary amides is 1. The van der Waals surface area contributed by atoms with Crippen molar-refractivity contribution in [2.75, 3.05) is 13.1 Å². The fraction of sp³-hybridized carbons (Fsp3) is 0.727. The topological polar surface area (TPSA) is 122 Å². The Morgan fingerprint density at radius 1 is 1.37 bits per heavy atom. The molecule has 0 aliphatic carbocycles. The van der Waals surface area contributed by atoms with Crippen molar-refractivity contribution < 1.29 is 24.2 Å². The van der Waals surface area contributed by atoms with Gasteiger partial charge in [0.15, 0.2) is 0 Å². The summed E-state index contributed by atoms with van der Waals surface area (Å²) in [4.78, 5) is 35.1. The van der Waals surface area contributed by atoms with Gasteiger partial charge in [0.2, 0.25) is 5.91 Å². The molecular formula is C11H19N3O5. The first-order chi connectivity index (χ1) is 8.79. The van der Waals surface area contributed by atoms with Crippen molar-refractivity contribution in [1.29, 1.82) is 0 Å². The van der Waals surface area contributed by atoms with E-state index < -0.39 is 30.4 Å². The lowest BCUT2D eigenvalue weighted by Gasteiger charge is -2.35. The van der Waals surface area contributed by atoms with Gasteiger partial charge in [0.25, 0.3) is 0 Å². The molecule has 8 heteroatoms. The molecule has 1 fully saturated rings. The van der Waals surface area contributed by atoms with Crippen LogP contribution in [0.1, 0.15) is 20.3 Å². The van der Waals surface area contributed by atoms with Gasteiger partial charge in [0, 0.05) is 13.1 Å². The third kappa shape index (κ3) is 4.74. The fourth-order valence-corrected chi connectivity index (χ4v) is 1.99. The fourth-order valence-electron chi connectivity index (χ4n) is 1.99. The molecule has 0 aromatic heterocycles. The number of ether oxygens (including phenoxy) is 1. The molecule has 1 aliphatic rings. The van der Waals surface area contributed by atoms with Crippen molar-refractivity contribution >= 4 is 17.9 Å². The maximum Gasteiger partial charge on any atom is 0.326 e. The average Bonchev–Trinajstić information content (AvgIpc) is 2.25. The number of morpholine rings is 1. The molecule has 1 saturated heterocycles. The molecule has 0 spiro atoms. The second kappa shape index (κ2) is 6.37. The van der Waals surface area contributed by atoms with Crippen LogP contribution in [0.4, 0.5) is 4.79 Å². The molecule has 19 heavy (non-hydrogen) atoms. The van der Waals surface area contributed by atoms with E-state index in [0.717, 1.165) is 0 Å². The molecule has 8 nitrogen and oxygen atoms in total. The van der Waals surface area contributed by atoms with Gasteiger partial charge in [-0.1, -0.05) is 0 Å². The van der Waals surface area contributed by atoms with Crippen molar-refractivity contribution in [2.45, 2.75) is 38.5 Å². The first kappa shape index (κ1) is 15.2. The molecule has 0 aromatic carbocycles. The quantitative estimate of drug-likeness (QED) is 0.615. The predicted molar refractivity (Wildman–Crippen MR) is 65.3 cm³/mol. The number of carboxylic acids is 1. The van der Waals surface area contributed by atoms with Crippen molar-refractivity contribution in [3.05, 3.63) is 0 Å². The lowest BCUT2D eigenvalue weighted by molar-refractivity contribution is -0.141. The van der Waals surface area contributed by atoms with Gasteiger partial charge in [0.05, 0.1) is 18.6 Å². The van der Waals surface area contributed by atoms with E-state index in [4.69, 9.17) is 15.6 Å². The zero-order valence-electron chi connectivity index (χ0n) is 11.0. The summed E-state index contributed by atoms with van der Waals surface area (Å²) < 4.78 is 5.47. The van der Waals surface area contributed by atoms with Crippen LogP contribution in [-0.2, 0) is 14.3 Å². The summed E-state index contributed by atoms with van der Waals surface area (Å²) in [5.41, 5.74) is 4.94. The highest BCUT2D eigenvalue weighted by atomic mass is 16.5. The number of rotatable bonds is 4. The van der Waals surface area contributed by atoms with Crippen LogP contribution >= 0.6 is 0 Å². The van der Waals surface area contributed by atoms with Crippen LogP contribution in [-0.4, -0.2) is 59.3 Å². The average molecular weight is 273 g/mol. The molecule has 1 rings (SSSR count). The summed E-state index contributed by atoms with van der Waals surface area (Å²) in [7, 11) is 0. The van der Waals surface area contributed by atoms with E-state index >= 15 is 0 Å². The monoisotopic (exact) mass is 273 g/mol. The number of aliphatic carboxylic acids is 1. The number of hydrogen-bond acceptors (Lipinski definition) is 4. The number of nitrogens with two attached hydrogens (primary N) is 1. The number of carbonyl (C=O) groups is 3. The Balaban J connectivity index is 2.61. The van der Waals surface area contributed by atoms with E-state index in [1.54, 1.807) is 0 Å². The third-order valence-corrected chi connectivity index (χ3v) is 2.71. The van der Waals surface area contributed by atoms with Gasteiger partial charge in [0.1, 0.15) is 6.04 Å². The Hall–Kier alpha value is -1.83. The number of nitrogens with zero attached hydrogens (tertiary/aromatic N) is 1. The summed E-state index contributed by atoms with van der Waals surface area (Å²) >= 11 is 0. The predicted octanol–water partition coefficient (Wildman–Crippen LogP) is -0.866. The van der Waals surface area contributed by atoms with E-state index in [1.165, 1.54) is 4.90 Å². The molecule has 1 heterocycles. The summed E-state index contributed by atoms with van der Waals surface area (Å²) in [5, 5.41) is 11.2. The van der Waals surface area contributed by atoms with E-state index in [9.17, 15) is 14.4 Å². The Bertz CT molecular complexity index is 363. The van der Waals surface area contributed by atoms with Crippen LogP contribution < -0.4 is 11.1 Å². The molecule has 108 valence electrons. The summed E-state index contributed by atoms with van der Waals surface area (Å²) in [6.45, 7) is 4.40. The molecule has 0 aromatic rings. The smallest absolute Gasteiger partial charge is 0.326 e. The van der Waals surface area contributed by atoms with Crippen LogP contribution in [0.25, 0.3) is 0 Å². The number of urea groups is 1. The first-order valence-electron chi connectivity index (χ1n) is 6.01. The van der Waals surface area contributed by atoms with Crippen LogP contribution in [0.2, 0.25) is 0 Å². The Kier molecular flexibility index (Phi) is 5.11. The molecule has 0 bridgehead atoms. The molecule has 3 amide bonds. The first-order valence-corrected chi connectivity index (χ1v) is 6.01. The number of carbonyl (C=O) groups excluding carboxylic acids is 2. The van der Waals surface area contributed by atoms with Crippen LogP contribution in [0.15, 0.2) is 0 Å². The second-order valence-electron chi connectivity index (χ2n) is 4.67. The largest absolute Gasteiger partial charge is 0.480 e. The van der Waals surface area contributed by atoms with Gasteiger partial charge in [-0.05, 0) is 13.8 Å². The van der Waals surface area contributed by atoms with E-state index in [0.29, 0.717) is 13.1 Å². The van der Waals surface area contributed by atoms with Crippen molar-refractivity contribution in [1.82, 2.24) is 10.2 Å². The number of nitrogens with one attached hydrogen (secondary N) is 1. The van der Waals surface area contributed by atoms with E-state index in [-0.39, 0.29) is 12.2 Å². The van der Waals surface area contributed by atoms with Gasteiger partial charge >= 0.3 is 12.0 Å². The SMILES string of the molecule is C[C@@H]1CN(C(=O)N[C@@H](CC(N)=O)C(=O)O)C[C@H](C)O1. The van der Waals surface area contributed by atoms with Gasteiger partial charge in [-0.25, -0.2) is 9.59 Å².